The third kappa shape index (κ3) is 2.90. The van der Waals surface area contributed by atoms with Crippen LogP contribution in [0.1, 0.15) is 70.8 Å². The summed E-state index contributed by atoms with van der Waals surface area (Å²) in [6, 6.07) is 9.51. The molecular weight excluding hydrogens is 362 g/mol. The molecule has 3 saturated carbocycles. The first-order valence-corrected chi connectivity index (χ1v) is 12.2. The Morgan fingerprint density at radius 1 is 0.929 bits per heavy atom. The van der Waals surface area contributed by atoms with E-state index in [0.717, 1.165) is 34.7 Å². The minimum absolute atomic E-state index is 0.560. The minimum atomic E-state index is 0.560. The molecule has 0 radical (unpaired) electrons. The van der Waals surface area contributed by atoms with E-state index in [1.165, 1.54) is 69.9 Å². The van der Waals surface area contributed by atoms with Crippen LogP contribution >= 0.6 is 11.6 Å². The van der Waals surface area contributed by atoms with E-state index in [-0.39, 0.29) is 0 Å². The second-order valence-corrected chi connectivity index (χ2v) is 11.6. The predicted molar refractivity (Wildman–Crippen MR) is 119 cm³/mol. The van der Waals surface area contributed by atoms with Crippen LogP contribution in [0.25, 0.3) is 0 Å². The SMILES string of the molecule is CN1CCC[C@]2(C)[C@H]3CC[C@]4(C)C(Cc5ccc(Cl)cc5)CC[C@H]4[C@@H]3CC[C@@H]12. The van der Waals surface area contributed by atoms with E-state index < -0.39 is 0 Å². The molecule has 1 saturated heterocycles. The first-order chi connectivity index (χ1) is 13.4. The molecule has 1 unspecified atom stereocenters. The lowest BCUT2D eigenvalue weighted by Crippen LogP contribution is -2.60. The molecule has 5 rings (SSSR count). The zero-order valence-electron chi connectivity index (χ0n) is 18.1. The lowest BCUT2D eigenvalue weighted by atomic mass is 9.46. The zero-order chi connectivity index (χ0) is 19.5. The van der Waals surface area contributed by atoms with Gasteiger partial charge in [0.1, 0.15) is 0 Å². The van der Waals surface area contributed by atoms with Crippen molar-refractivity contribution in [3.63, 3.8) is 0 Å². The predicted octanol–water partition coefficient (Wildman–Crippen LogP) is 6.84. The molecule has 0 amide bonds. The number of hydrogen-bond acceptors (Lipinski definition) is 1. The lowest BCUT2D eigenvalue weighted by molar-refractivity contribution is -0.122. The van der Waals surface area contributed by atoms with Gasteiger partial charge in [0.15, 0.2) is 0 Å². The summed E-state index contributed by atoms with van der Waals surface area (Å²) in [7, 11) is 2.40. The third-order valence-corrected chi connectivity index (χ3v) is 10.4. The van der Waals surface area contributed by atoms with Crippen LogP contribution in [-0.4, -0.2) is 24.5 Å². The van der Waals surface area contributed by atoms with Crippen LogP contribution in [0.3, 0.4) is 0 Å². The van der Waals surface area contributed by atoms with Crippen molar-refractivity contribution in [3.8, 4) is 0 Å². The number of hydrogen-bond donors (Lipinski definition) is 0. The number of halogens is 1. The molecule has 0 aromatic heterocycles. The molecule has 1 heterocycles. The van der Waals surface area contributed by atoms with Gasteiger partial charge in [0.25, 0.3) is 0 Å². The summed E-state index contributed by atoms with van der Waals surface area (Å²) in [5.41, 5.74) is 2.62. The summed E-state index contributed by atoms with van der Waals surface area (Å²) < 4.78 is 0. The molecule has 2 heteroatoms. The Morgan fingerprint density at radius 3 is 2.46 bits per heavy atom. The maximum absolute atomic E-state index is 6.12. The summed E-state index contributed by atoms with van der Waals surface area (Å²) in [5, 5.41) is 0.863. The lowest BCUT2D eigenvalue weighted by Gasteiger charge is -2.62. The Bertz CT molecular complexity index is 714. The molecule has 3 aliphatic carbocycles. The van der Waals surface area contributed by atoms with Crippen molar-refractivity contribution in [2.45, 2.75) is 77.7 Å². The van der Waals surface area contributed by atoms with Gasteiger partial charge in [-0.25, -0.2) is 0 Å². The van der Waals surface area contributed by atoms with Crippen molar-refractivity contribution in [2.75, 3.05) is 13.6 Å². The van der Waals surface area contributed by atoms with Gasteiger partial charge in [-0.05, 0) is 124 Å². The number of piperidine rings is 1. The van der Waals surface area contributed by atoms with Gasteiger partial charge in [-0.1, -0.05) is 37.6 Å². The zero-order valence-corrected chi connectivity index (χ0v) is 18.8. The van der Waals surface area contributed by atoms with Crippen LogP contribution in [0.4, 0.5) is 0 Å². The summed E-state index contributed by atoms with van der Waals surface area (Å²) >= 11 is 6.12. The quantitative estimate of drug-likeness (QED) is 0.526. The van der Waals surface area contributed by atoms with Gasteiger partial charge in [0.2, 0.25) is 0 Å². The van der Waals surface area contributed by atoms with Gasteiger partial charge in [0, 0.05) is 11.1 Å². The average molecular weight is 400 g/mol. The van der Waals surface area contributed by atoms with Gasteiger partial charge in [-0.15, -0.1) is 0 Å². The Morgan fingerprint density at radius 2 is 1.68 bits per heavy atom. The van der Waals surface area contributed by atoms with Crippen LogP contribution in [0.15, 0.2) is 24.3 Å². The highest BCUT2D eigenvalue weighted by molar-refractivity contribution is 6.30. The van der Waals surface area contributed by atoms with E-state index >= 15 is 0 Å². The number of nitrogens with zero attached hydrogens (tertiary/aromatic N) is 1. The highest BCUT2D eigenvalue weighted by Gasteiger charge is 2.60. The van der Waals surface area contributed by atoms with Crippen molar-refractivity contribution in [1.29, 1.82) is 0 Å². The number of likely N-dealkylation sites (tertiary alicyclic amines) is 1. The molecule has 28 heavy (non-hydrogen) atoms. The largest absolute Gasteiger partial charge is 0.303 e. The van der Waals surface area contributed by atoms with Crippen LogP contribution in [-0.2, 0) is 6.42 Å². The summed E-state index contributed by atoms with van der Waals surface area (Å²) in [6.07, 6.45) is 12.9. The maximum Gasteiger partial charge on any atom is 0.0406 e. The number of fused-ring (bicyclic) bond motifs is 5. The highest BCUT2D eigenvalue weighted by Crippen LogP contribution is 2.66. The van der Waals surface area contributed by atoms with E-state index in [1.54, 1.807) is 0 Å². The highest BCUT2D eigenvalue weighted by atomic mass is 35.5. The monoisotopic (exact) mass is 399 g/mol. The fraction of sp³-hybridized carbons (Fsp3) is 0.769. The molecule has 0 spiro atoms. The van der Waals surface area contributed by atoms with Crippen LogP contribution in [0, 0.1) is 34.5 Å². The molecule has 0 N–H and O–H groups in total. The van der Waals surface area contributed by atoms with Gasteiger partial charge < -0.3 is 4.90 Å². The number of benzene rings is 1. The molecule has 7 atom stereocenters. The van der Waals surface area contributed by atoms with E-state index in [1.807, 2.05) is 0 Å². The van der Waals surface area contributed by atoms with E-state index in [0.29, 0.717) is 10.8 Å². The second-order valence-electron chi connectivity index (χ2n) is 11.2. The third-order valence-electron chi connectivity index (χ3n) is 10.2. The first-order valence-electron chi connectivity index (χ1n) is 11.9. The van der Waals surface area contributed by atoms with E-state index in [4.69, 9.17) is 11.6 Å². The second kappa shape index (κ2) is 7.02. The standard InChI is InChI=1S/C26H38ClN/c1-25-15-13-23-21(10-12-24-26(23,2)14-4-16-28(24)3)22(25)11-7-19(25)17-18-5-8-20(27)9-6-18/h5-6,8-9,19,21-24H,4,7,10-17H2,1-3H3/t19?,21-,22-,23-,24+,25+,26+/m0/s1. The fourth-order valence-corrected chi connectivity index (χ4v) is 8.85. The van der Waals surface area contributed by atoms with Gasteiger partial charge >= 0.3 is 0 Å². The van der Waals surface area contributed by atoms with Gasteiger partial charge in [-0.2, -0.15) is 0 Å². The smallest absolute Gasteiger partial charge is 0.0406 e. The van der Waals surface area contributed by atoms with Crippen LogP contribution in [0.2, 0.25) is 5.02 Å². The van der Waals surface area contributed by atoms with Crippen LogP contribution < -0.4 is 0 Å². The van der Waals surface area contributed by atoms with Crippen molar-refractivity contribution in [3.05, 3.63) is 34.9 Å². The summed E-state index contributed by atoms with van der Waals surface area (Å²) in [5.74, 6) is 3.79. The summed E-state index contributed by atoms with van der Waals surface area (Å²) in [4.78, 5) is 2.71. The normalized spacial score (nSPS) is 45.9. The summed E-state index contributed by atoms with van der Waals surface area (Å²) in [6.45, 7) is 6.66. The van der Waals surface area contributed by atoms with Crippen molar-refractivity contribution in [2.24, 2.45) is 34.5 Å². The Kier molecular flexibility index (Phi) is 4.87. The molecule has 1 aliphatic heterocycles. The van der Waals surface area contributed by atoms with E-state index in [2.05, 4.69) is 50.1 Å². The number of rotatable bonds is 2. The fourth-order valence-electron chi connectivity index (χ4n) is 8.73. The average Bonchev–Trinajstić information content (AvgIpc) is 3.00. The van der Waals surface area contributed by atoms with Gasteiger partial charge in [0.05, 0.1) is 0 Å². The molecule has 1 nitrogen and oxygen atoms in total. The Labute approximate surface area is 177 Å². The molecule has 4 aliphatic rings. The van der Waals surface area contributed by atoms with Crippen LogP contribution in [0.5, 0.6) is 0 Å². The molecule has 4 fully saturated rings. The topological polar surface area (TPSA) is 3.24 Å². The first kappa shape index (κ1) is 19.4. The maximum atomic E-state index is 6.12. The Hall–Kier alpha value is -0.530. The van der Waals surface area contributed by atoms with E-state index in [9.17, 15) is 0 Å². The van der Waals surface area contributed by atoms with Crippen molar-refractivity contribution in [1.82, 2.24) is 4.90 Å². The minimum Gasteiger partial charge on any atom is -0.303 e. The molecule has 0 bridgehead atoms. The molecule has 154 valence electrons. The van der Waals surface area contributed by atoms with Crippen molar-refractivity contribution >= 4 is 11.6 Å². The molecular formula is C26H38ClN. The van der Waals surface area contributed by atoms with Gasteiger partial charge in [-0.3, -0.25) is 0 Å². The molecule has 1 aromatic carbocycles. The Balaban J connectivity index is 1.37. The van der Waals surface area contributed by atoms with Crippen molar-refractivity contribution < 1.29 is 0 Å². The molecule has 1 aromatic rings.